The van der Waals surface area contributed by atoms with Crippen LogP contribution in [0.3, 0.4) is 0 Å². The van der Waals surface area contributed by atoms with E-state index in [0.29, 0.717) is 0 Å². The molecule has 0 saturated carbocycles. The Bertz CT molecular complexity index is 355. The van der Waals surface area contributed by atoms with Gasteiger partial charge in [0.1, 0.15) is 0 Å². The number of hydrogen-bond acceptors (Lipinski definition) is 3. The van der Waals surface area contributed by atoms with Crippen LogP contribution in [-0.2, 0) is 4.74 Å². The summed E-state index contributed by atoms with van der Waals surface area (Å²) in [6, 6.07) is 5.48. The molecule has 1 heterocycles. The van der Waals surface area contributed by atoms with E-state index in [1.165, 1.54) is 37.1 Å². The number of benzene rings is 1. The van der Waals surface area contributed by atoms with Crippen molar-refractivity contribution in [3.63, 3.8) is 0 Å². The van der Waals surface area contributed by atoms with Crippen LogP contribution in [0, 0.1) is 0 Å². The van der Waals surface area contributed by atoms with E-state index in [4.69, 9.17) is 14.9 Å². The van der Waals surface area contributed by atoms with E-state index >= 15 is 0 Å². The second-order valence-corrected chi connectivity index (χ2v) is 3.48. The van der Waals surface area contributed by atoms with Crippen LogP contribution in [0.2, 0.25) is 0 Å². The van der Waals surface area contributed by atoms with E-state index in [0.717, 1.165) is 13.2 Å². The molecule has 0 unspecified atom stereocenters. The fourth-order valence-electron chi connectivity index (χ4n) is 1.37. The second kappa shape index (κ2) is 6.65. The first kappa shape index (κ1) is 13.2. The van der Waals surface area contributed by atoms with Gasteiger partial charge in [-0.1, -0.05) is 12.1 Å². The number of ether oxygens (including phenoxy) is 1. The normalized spacial score (nSPS) is 13.6. The first-order valence-electron chi connectivity index (χ1n) is 5.26. The molecule has 5 heteroatoms. The van der Waals surface area contributed by atoms with Gasteiger partial charge in [0.15, 0.2) is 0 Å². The van der Waals surface area contributed by atoms with E-state index in [1.807, 2.05) is 0 Å². The third-order valence-electron chi connectivity index (χ3n) is 2.22. The van der Waals surface area contributed by atoms with Gasteiger partial charge >= 0.3 is 11.9 Å². The lowest BCUT2D eigenvalue weighted by atomic mass is 10.1. The maximum atomic E-state index is 10.5. The maximum absolute atomic E-state index is 10.5. The molecule has 0 bridgehead atoms. The molecule has 1 saturated heterocycles. The quantitative estimate of drug-likeness (QED) is 0.821. The first-order chi connectivity index (χ1) is 8.13. The van der Waals surface area contributed by atoms with Crippen LogP contribution >= 0.6 is 0 Å². The monoisotopic (exact) mass is 238 g/mol. The van der Waals surface area contributed by atoms with Crippen LogP contribution in [0.15, 0.2) is 24.3 Å². The van der Waals surface area contributed by atoms with E-state index in [9.17, 15) is 9.59 Å². The summed E-state index contributed by atoms with van der Waals surface area (Å²) in [5, 5.41) is 17.1. The topological polar surface area (TPSA) is 83.8 Å². The van der Waals surface area contributed by atoms with Crippen molar-refractivity contribution in [2.75, 3.05) is 13.2 Å². The van der Waals surface area contributed by atoms with Crippen molar-refractivity contribution in [3.05, 3.63) is 35.4 Å². The number of carboxylic acid groups (broad SMARTS) is 2. The van der Waals surface area contributed by atoms with Crippen molar-refractivity contribution in [3.8, 4) is 0 Å². The number of aromatic carboxylic acids is 2. The molecular weight excluding hydrogens is 224 g/mol. The Morgan fingerprint density at radius 1 is 0.941 bits per heavy atom. The lowest BCUT2D eigenvalue weighted by Crippen LogP contribution is -2.06. The maximum Gasteiger partial charge on any atom is 0.336 e. The van der Waals surface area contributed by atoms with Gasteiger partial charge in [0, 0.05) is 13.2 Å². The van der Waals surface area contributed by atoms with Crippen molar-refractivity contribution in [1.82, 2.24) is 0 Å². The molecule has 1 aliphatic rings. The highest BCUT2D eigenvalue weighted by Crippen LogP contribution is 2.07. The van der Waals surface area contributed by atoms with Crippen molar-refractivity contribution < 1.29 is 24.5 Å². The smallest absolute Gasteiger partial charge is 0.336 e. The van der Waals surface area contributed by atoms with Crippen molar-refractivity contribution in [2.45, 2.75) is 12.8 Å². The molecule has 1 aromatic rings. The van der Waals surface area contributed by atoms with Gasteiger partial charge < -0.3 is 14.9 Å². The van der Waals surface area contributed by atoms with Crippen LogP contribution in [0.5, 0.6) is 0 Å². The van der Waals surface area contributed by atoms with Crippen LogP contribution < -0.4 is 0 Å². The molecule has 2 N–H and O–H groups in total. The Hall–Kier alpha value is -1.88. The average molecular weight is 238 g/mol. The number of rotatable bonds is 2. The fraction of sp³-hybridized carbons (Fsp3) is 0.333. The highest BCUT2D eigenvalue weighted by molar-refractivity contribution is 6.01. The Labute approximate surface area is 98.6 Å². The van der Waals surface area contributed by atoms with Crippen LogP contribution in [0.4, 0.5) is 0 Å². The Morgan fingerprint density at radius 2 is 1.35 bits per heavy atom. The van der Waals surface area contributed by atoms with Crippen LogP contribution in [0.1, 0.15) is 33.6 Å². The number of carboxylic acids is 2. The molecule has 0 aromatic heterocycles. The minimum absolute atomic E-state index is 0.190. The van der Waals surface area contributed by atoms with E-state index < -0.39 is 11.9 Å². The molecule has 0 spiro atoms. The number of carbonyl (C=O) groups is 2. The summed E-state index contributed by atoms with van der Waals surface area (Å²) >= 11 is 0. The Balaban J connectivity index is 0.000000239. The summed E-state index contributed by atoms with van der Waals surface area (Å²) in [6.07, 6.45) is 2.56. The lowest BCUT2D eigenvalue weighted by Gasteiger charge is -1.98. The first-order valence-corrected chi connectivity index (χ1v) is 5.26. The average Bonchev–Trinajstić information content (AvgIpc) is 2.87. The summed E-state index contributed by atoms with van der Waals surface area (Å²) in [6.45, 7) is 2.00. The molecule has 1 fully saturated rings. The molecular formula is C12H14O5. The van der Waals surface area contributed by atoms with Gasteiger partial charge in [-0.15, -0.1) is 0 Å². The summed E-state index contributed by atoms with van der Waals surface area (Å²) in [7, 11) is 0. The zero-order valence-corrected chi connectivity index (χ0v) is 9.26. The van der Waals surface area contributed by atoms with Crippen molar-refractivity contribution >= 4 is 11.9 Å². The van der Waals surface area contributed by atoms with Crippen molar-refractivity contribution in [2.24, 2.45) is 0 Å². The Kier molecular flexibility index (Phi) is 5.16. The van der Waals surface area contributed by atoms with Gasteiger partial charge in [-0.05, 0) is 25.0 Å². The van der Waals surface area contributed by atoms with E-state index in [-0.39, 0.29) is 11.1 Å². The van der Waals surface area contributed by atoms with Gasteiger partial charge in [0.05, 0.1) is 11.1 Å². The van der Waals surface area contributed by atoms with E-state index in [2.05, 4.69) is 0 Å². The molecule has 0 aliphatic carbocycles. The summed E-state index contributed by atoms with van der Waals surface area (Å²) in [5.74, 6) is -2.46. The summed E-state index contributed by atoms with van der Waals surface area (Å²) < 4.78 is 4.94. The molecule has 0 atom stereocenters. The highest BCUT2D eigenvalue weighted by atomic mass is 16.5. The van der Waals surface area contributed by atoms with Gasteiger partial charge in [0.2, 0.25) is 0 Å². The van der Waals surface area contributed by atoms with Crippen molar-refractivity contribution in [1.29, 1.82) is 0 Å². The molecule has 0 amide bonds. The molecule has 1 aliphatic heterocycles. The predicted molar refractivity (Wildman–Crippen MR) is 60.4 cm³/mol. The molecule has 92 valence electrons. The second-order valence-electron chi connectivity index (χ2n) is 3.48. The minimum atomic E-state index is -1.23. The van der Waals surface area contributed by atoms with Gasteiger partial charge in [0.25, 0.3) is 0 Å². The third kappa shape index (κ3) is 4.24. The zero-order valence-electron chi connectivity index (χ0n) is 9.26. The predicted octanol–water partition coefficient (Wildman–Crippen LogP) is 1.88. The standard InChI is InChI=1S/C8H6O4.C4H8O/c9-7(10)5-3-1-2-4-6(5)8(11)12;1-2-4-5-3-1/h1-4H,(H,9,10)(H,11,12);1-4H2. The van der Waals surface area contributed by atoms with Crippen LogP contribution in [-0.4, -0.2) is 35.4 Å². The molecule has 17 heavy (non-hydrogen) atoms. The van der Waals surface area contributed by atoms with Gasteiger partial charge in [-0.3, -0.25) is 0 Å². The summed E-state index contributed by atoms with van der Waals surface area (Å²) in [4.78, 5) is 20.9. The SMILES string of the molecule is C1CCOC1.O=C(O)c1ccccc1C(=O)O. The molecule has 1 aromatic carbocycles. The third-order valence-corrected chi connectivity index (χ3v) is 2.22. The van der Waals surface area contributed by atoms with E-state index in [1.54, 1.807) is 0 Å². The fourth-order valence-corrected chi connectivity index (χ4v) is 1.37. The molecule has 5 nitrogen and oxygen atoms in total. The Morgan fingerprint density at radius 3 is 1.59 bits per heavy atom. The molecule has 2 rings (SSSR count). The van der Waals surface area contributed by atoms with Gasteiger partial charge in [-0.25, -0.2) is 9.59 Å². The van der Waals surface area contributed by atoms with Crippen LogP contribution in [0.25, 0.3) is 0 Å². The largest absolute Gasteiger partial charge is 0.478 e. The number of hydrogen-bond donors (Lipinski definition) is 2. The zero-order chi connectivity index (χ0) is 12.7. The minimum Gasteiger partial charge on any atom is -0.478 e. The molecule has 0 radical (unpaired) electrons. The van der Waals surface area contributed by atoms with Gasteiger partial charge in [-0.2, -0.15) is 0 Å². The lowest BCUT2D eigenvalue weighted by molar-refractivity contribution is 0.0651. The highest BCUT2D eigenvalue weighted by Gasteiger charge is 2.13. The summed E-state index contributed by atoms with van der Waals surface area (Å²) in [5.41, 5.74) is -0.380.